The number of amides is 3. The van der Waals surface area contributed by atoms with E-state index in [4.69, 9.17) is 21.1 Å². The highest BCUT2D eigenvalue weighted by Crippen LogP contribution is 2.55. The summed E-state index contributed by atoms with van der Waals surface area (Å²) in [6.07, 6.45) is -0.510. The molecule has 1 aliphatic carbocycles. The van der Waals surface area contributed by atoms with Gasteiger partial charge in [0.15, 0.2) is 15.6 Å². The van der Waals surface area contributed by atoms with E-state index in [1.54, 1.807) is 80.1 Å². The van der Waals surface area contributed by atoms with Crippen LogP contribution in [0.4, 0.5) is 0 Å². The quantitative estimate of drug-likeness (QED) is 0.0760. The van der Waals surface area contributed by atoms with E-state index in [2.05, 4.69) is 21.7 Å². The molecule has 0 bridgehead atoms. The predicted molar refractivity (Wildman–Crippen MR) is 279 cm³/mol. The van der Waals surface area contributed by atoms with Gasteiger partial charge in [0.25, 0.3) is 5.91 Å². The molecule has 0 radical (unpaired) electrons. The highest BCUT2D eigenvalue weighted by molar-refractivity contribution is 7.92. The molecule has 4 aromatic carbocycles. The number of Topliss-reactive ketones (excluding diaryl/α,β-unsaturated/α-hetero) is 1. The minimum atomic E-state index is -3.98. The summed E-state index contributed by atoms with van der Waals surface area (Å²) in [5.41, 5.74) is 5.58. The Kier molecular flexibility index (Phi) is 16.1. The summed E-state index contributed by atoms with van der Waals surface area (Å²) < 4.78 is 38.4. The van der Waals surface area contributed by atoms with Gasteiger partial charge in [0, 0.05) is 47.9 Å². The number of ketones is 1. The normalized spacial score (nSPS) is 19.6. The van der Waals surface area contributed by atoms with Gasteiger partial charge in [0.2, 0.25) is 11.8 Å². The number of halogens is 1. The van der Waals surface area contributed by atoms with Crippen molar-refractivity contribution in [1.82, 2.24) is 20.5 Å². The molecule has 1 aromatic heterocycles. The maximum Gasteiger partial charge on any atom is 0.251 e. The minimum absolute atomic E-state index is 0.0710. The van der Waals surface area contributed by atoms with Gasteiger partial charge in [-0.2, -0.15) is 5.26 Å². The molecule has 2 heterocycles. The second kappa shape index (κ2) is 21.5. The van der Waals surface area contributed by atoms with Crippen molar-refractivity contribution in [2.45, 2.75) is 105 Å². The highest BCUT2D eigenvalue weighted by atomic mass is 35.5. The molecule has 3 N–H and O–H groups in total. The number of carbonyl (C=O) groups is 4. The molecule has 7 rings (SSSR count). The molecular weight excluding hydrogens is 974 g/mol. The number of nitrogens with zero attached hydrogens (tertiary/aromatic N) is 3. The number of nitriles is 1. The first-order chi connectivity index (χ1) is 33.9. The third kappa shape index (κ3) is 12.2. The number of rotatable bonds is 18. The van der Waals surface area contributed by atoms with Crippen molar-refractivity contribution < 1.29 is 42.2 Å². The van der Waals surface area contributed by atoms with Crippen molar-refractivity contribution in [2.75, 3.05) is 24.7 Å². The monoisotopic (exact) mass is 1040 g/mol. The van der Waals surface area contributed by atoms with Crippen LogP contribution in [0.15, 0.2) is 96.5 Å². The average molecular weight is 1040 g/mol. The Bertz CT molecular complexity index is 2950. The van der Waals surface area contributed by atoms with Gasteiger partial charge in [0.05, 0.1) is 44.6 Å². The number of aromatic nitrogens is 1. The molecule has 1 saturated heterocycles. The van der Waals surface area contributed by atoms with Gasteiger partial charge in [0.1, 0.15) is 42.1 Å². The zero-order valence-electron chi connectivity index (χ0n) is 41.8. The Labute approximate surface area is 431 Å². The second-order valence-corrected chi connectivity index (χ2v) is 24.5. The minimum Gasteiger partial charge on any atom is -0.493 e. The fraction of sp³-hybridized carbons (Fsp3) is 0.418. The Hall–Kier alpha value is -6.12. The van der Waals surface area contributed by atoms with Crippen molar-refractivity contribution in [2.24, 2.45) is 16.2 Å². The standard InChI is InChI=1S/C55H62ClN5O9S2/c1-33-47(71-32-58-33)37-12-9-34(10-13-37)11-24-45(63)44-27-40(62)30-61(44)50(66)48(53(2,3)4)59-46(64)31-72(67,68)26-25-69-41-21-18-36(19-22-41)35-14-16-38(17-15-35)49(65)60-51-54(5,6)52(55(51,7)8)70-42-23-20-39(29-57)43(56)28-42/h9-10,12-23,28,32,40,44,48,51-52,62H,11,24-27,30-31H2,1-8H3,(H,59,64)(H,60,65)/t40-,44+,48-,51?,52?/m1/s1. The van der Waals surface area contributed by atoms with E-state index in [-0.39, 0.29) is 49.8 Å². The second-order valence-electron chi connectivity index (χ2n) is 21.0. The lowest BCUT2D eigenvalue weighted by Crippen LogP contribution is -2.74. The summed E-state index contributed by atoms with van der Waals surface area (Å²) in [4.78, 5) is 61.2. The van der Waals surface area contributed by atoms with Crippen LogP contribution in [-0.4, -0.2) is 102 Å². The first-order valence-corrected chi connectivity index (χ1v) is 27.0. The van der Waals surface area contributed by atoms with Gasteiger partial charge in [-0.25, -0.2) is 13.4 Å². The molecule has 1 aliphatic heterocycles. The lowest BCUT2D eigenvalue weighted by molar-refractivity contribution is -0.164. The van der Waals surface area contributed by atoms with Gasteiger partial charge >= 0.3 is 0 Å². The number of aryl methyl sites for hydroxylation is 2. The Morgan fingerprint density at radius 3 is 2.12 bits per heavy atom. The molecular formula is C55H62ClN5O9S2. The molecule has 17 heteroatoms. The Balaban J connectivity index is 0.872. The maximum atomic E-state index is 14.1. The fourth-order valence-electron chi connectivity index (χ4n) is 10.1. The zero-order chi connectivity index (χ0) is 52.3. The molecule has 0 unspecified atom stereocenters. The zero-order valence-corrected chi connectivity index (χ0v) is 44.2. The number of benzene rings is 4. The lowest BCUT2D eigenvalue weighted by Gasteiger charge is -2.63. The topological polar surface area (TPSA) is 205 Å². The first-order valence-electron chi connectivity index (χ1n) is 23.9. The van der Waals surface area contributed by atoms with Crippen LogP contribution in [0.1, 0.15) is 88.5 Å². The number of thiazole rings is 1. The van der Waals surface area contributed by atoms with E-state index >= 15 is 0 Å². The first kappa shape index (κ1) is 53.7. The fourth-order valence-corrected chi connectivity index (χ4v) is 12.1. The summed E-state index contributed by atoms with van der Waals surface area (Å²) in [5.74, 6) is -2.22. The van der Waals surface area contributed by atoms with E-state index in [1.165, 1.54) is 4.90 Å². The van der Waals surface area contributed by atoms with Gasteiger partial charge < -0.3 is 30.1 Å². The predicted octanol–water partition coefficient (Wildman–Crippen LogP) is 8.41. The summed E-state index contributed by atoms with van der Waals surface area (Å²) in [6.45, 7) is 15.0. The molecule has 3 atom stereocenters. The highest BCUT2D eigenvalue weighted by Gasteiger charge is 2.64. The van der Waals surface area contributed by atoms with Crippen molar-refractivity contribution in [3.05, 3.63) is 124 Å². The van der Waals surface area contributed by atoms with Crippen LogP contribution in [0, 0.1) is 34.5 Å². The van der Waals surface area contributed by atoms with E-state index < -0.39 is 67.6 Å². The third-order valence-corrected chi connectivity index (χ3v) is 16.5. The number of likely N-dealkylation sites (tertiary alicyclic amines) is 1. The number of β-amino-alcohol motifs (C(OH)–C–C–N with tert-alkyl or cyclic N) is 1. The summed E-state index contributed by atoms with van der Waals surface area (Å²) in [5, 5.41) is 26.0. The van der Waals surface area contributed by atoms with Crippen LogP contribution in [0.25, 0.3) is 21.6 Å². The molecule has 2 aliphatic rings. The number of nitrogens with one attached hydrogen (secondary N) is 2. The maximum absolute atomic E-state index is 14.1. The number of carbonyl (C=O) groups excluding carboxylic acids is 4. The number of ether oxygens (including phenoxy) is 2. The molecule has 1 saturated carbocycles. The molecule has 380 valence electrons. The number of aliphatic hydroxyl groups is 1. The Morgan fingerprint density at radius 1 is 0.931 bits per heavy atom. The van der Waals surface area contributed by atoms with Gasteiger partial charge in [-0.05, 0) is 77.4 Å². The SMILES string of the molecule is Cc1ncsc1-c1ccc(CCC(=O)[C@@H]2C[C@@H](O)CN2C(=O)[C@@H](NC(=O)CS(=O)(=O)CCOc2ccc(-c3ccc(C(=O)NC4C(C)(C)C(Oc5ccc(C#N)c(Cl)c5)C4(C)C)cc3)cc2)C(C)(C)C)cc1. The molecule has 72 heavy (non-hydrogen) atoms. The molecule has 2 fully saturated rings. The van der Waals surface area contributed by atoms with Crippen LogP contribution < -0.4 is 20.1 Å². The van der Waals surface area contributed by atoms with Crippen LogP contribution in [-0.2, 0) is 30.6 Å². The largest absolute Gasteiger partial charge is 0.493 e. The summed E-state index contributed by atoms with van der Waals surface area (Å²) in [7, 11) is -3.98. The molecule has 3 amide bonds. The number of hydrogen-bond acceptors (Lipinski definition) is 12. The van der Waals surface area contributed by atoms with E-state index in [0.29, 0.717) is 34.1 Å². The van der Waals surface area contributed by atoms with Crippen molar-refractivity contribution in [1.29, 1.82) is 5.26 Å². The van der Waals surface area contributed by atoms with Crippen LogP contribution in [0.5, 0.6) is 11.5 Å². The van der Waals surface area contributed by atoms with Crippen molar-refractivity contribution in [3.63, 3.8) is 0 Å². The van der Waals surface area contributed by atoms with Crippen molar-refractivity contribution in [3.8, 4) is 39.1 Å². The van der Waals surface area contributed by atoms with Gasteiger partial charge in [-0.15, -0.1) is 11.3 Å². The van der Waals surface area contributed by atoms with Crippen LogP contribution in [0.2, 0.25) is 5.02 Å². The smallest absolute Gasteiger partial charge is 0.251 e. The van der Waals surface area contributed by atoms with Crippen molar-refractivity contribution >= 4 is 56.3 Å². The number of hydrogen-bond donors (Lipinski definition) is 3. The number of sulfone groups is 1. The molecule has 0 spiro atoms. The molecule has 14 nitrogen and oxygen atoms in total. The van der Waals surface area contributed by atoms with E-state index in [0.717, 1.165) is 32.8 Å². The van der Waals surface area contributed by atoms with Gasteiger partial charge in [-0.3, -0.25) is 19.2 Å². The van der Waals surface area contributed by atoms with E-state index in [1.807, 2.05) is 83.1 Å². The molecule has 5 aromatic rings. The third-order valence-electron chi connectivity index (χ3n) is 13.8. The lowest BCUT2D eigenvalue weighted by atomic mass is 9.49. The van der Waals surface area contributed by atoms with E-state index in [9.17, 15) is 38.0 Å². The summed E-state index contributed by atoms with van der Waals surface area (Å²) >= 11 is 7.80. The van der Waals surface area contributed by atoms with Crippen LogP contribution in [0.3, 0.4) is 0 Å². The average Bonchev–Trinajstić information content (AvgIpc) is 3.95. The number of aliphatic hydroxyl groups excluding tert-OH is 1. The van der Waals surface area contributed by atoms with Crippen LogP contribution >= 0.6 is 22.9 Å². The summed E-state index contributed by atoms with van der Waals surface area (Å²) in [6, 6.07) is 26.9. The Morgan fingerprint density at radius 2 is 1.54 bits per heavy atom. The van der Waals surface area contributed by atoms with Gasteiger partial charge in [-0.1, -0.05) is 109 Å².